The largest absolute Gasteiger partial charge is 0.483 e. The van der Waals surface area contributed by atoms with Gasteiger partial charge >= 0.3 is 0 Å². The molecule has 0 bridgehead atoms. The number of hydrogen-bond donors (Lipinski definition) is 2. The molecule has 0 radical (unpaired) electrons. The number of rotatable bonds is 8. The molecule has 15 heteroatoms. The molecule has 2 aliphatic heterocycles. The highest BCUT2D eigenvalue weighted by molar-refractivity contribution is 7.92. The molecular formula is C26H28ClF2N5O5S2. The molecule has 1 aromatic carbocycles. The van der Waals surface area contributed by atoms with E-state index in [0.29, 0.717) is 52.4 Å². The smallest absolute Gasteiger partial charge is 0.290 e. The molecule has 0 aliphatic carbocycles. The minimum atomic E-state index is -3.93. The third kappa shape index (κ3) is 7.57. The molecule has 41 heavy (non-hydrogen) atoms. The zero-order chi connectivity index (χ0) is 29.7. The predicted octanol–water partition coefficient (Wildman–Crippen LogP) is 4.06. The summed E-state index contributed by atoms with van der Waals surface area (Å²) in [5.41, 5.74) is 1.08. The molecule has 5 rings (SSSR count). The Kier molecular flexibility index (Phi) is 9.92. The summed E-state index contributed by atoms with van der Waals surface area (Å²) in [6.07, 6.45) is 3.16. The quantitative estimate of drug-likeness (QED) is 0.361. The Morgan fingerprint density at radius 3 is 2.66 bits per heavy atom. The van der Waals surface area contributed by atoms with E-state index in [1.165, 1.54) is 28.4 Å². The standard InChI is InChI=1S/C25H26ClF2N5O3S2.CH2O2/c1-16(22-4-5-23(26)37-22)15-38(35,36)30-20-7-10-33(25(20)34)21-3-2-18(12-19(21)28)32-11-8-29-24(32)14-31-9-6-17(27)13-31;2-1-3/h2-5,8,11-12,15,17,20,30H,6-7,9-10,13-14H2,1H3;1H,(H,2,3). The van der Waals surface area contributed by atoms with Gasteiger partial charge in [-0.25, -0.2) is 22.2 Å². The predicted molar refractivity (Wildman–Crippen MR) is 153 cm³/mol. The van der Waals surface area contributed by atoms with E-state index in [2.05, 4.69) is 9.71 Å². The Labute approximate surface area is 244 Å². The summed E-state index contributed by atoms with van der Waals surface area (Å²) in [7, 11) is -3.93. The number of nitrogens with zero attached hydrogens (tertiary/aromatic N) is 4. The average molecular weight is 628 g/mol. The molecule has 0 spiro atoms. The monoisotopic (exact) mass is 627 g/mol. The van der Waals surface area contributed by atoms with Crippen LogP contribution in [0.3, 0.4) is 0 Å². The van der Waals surface area contributed by atoms with Crippen LogP contribution >= 0.6 is 22.9 Å². The summed E-state index contributed by atoms with van der Waals surface area (Å²) in [5, 5.41) is 7.96. The van der Waals surface area contributed by atoms with Crippen molar-refractivity contribution in [3.05, 3.63) is 69.0 Å². The Bertz CT molecular complexity index is 1540. The summed E-state index contributed by atoms with van der Waals surface area (Å²) >= 11 is 7.18. The summed E-state index contributed by atoms with van der Waals surface area (Å²) in [6, 6.07) is 6.89. The van der Waals surface area contributed by atoms with Gasteiger partial charge in [0.05, 0.1) is 22.0 Å². The fraction of sp³-hybridized carbons (Fsp3) is 0.346. The molecule has 2 fully saturated rings. The van der Waals surface area contributed by atoms with Gasteiger partial charge in [-0.05, 0) is 49.6 Å². The van der Waals surface area contributed by atoms with Gasteiger partial charge in [0.1, 0.15) is 23.9 Å². The third-order valence-corrected chi connectivity index (χ3v) is 9.25. The van der Waals surface area contributed by atoms with E-state index in [-0.39, 0.29) is 25.1 Å². The summed E-state index contributed by atoms with van der Waals surface area (Å²) in [5.74, 6) is -0.482. The molecule has 10 nitrogen and oxygen atoms in total. The zero-order valence-electron chi connectivity index (χ0n) is 21.9. The van der Waals surface area contributed by atoms with Crippen molar-refractivity contribution in [3.8, 4) is 5.69 Å². The highest BCUT2D eigenvalue weighted by Crippen LogP contribution is 2.30. The molecule has 2 N–H and O–H groups in total. The molecule has 4 heterocycles. The maximum Gasteiger partial charge on any atom is 0.290 e. The van der Waals surface area contributed by atoms with Gasteiger partial charge in [0, 0.05) is 48.7 Å². The lowest BCUT2D eigenvalue weighted by Gasteiger charge is -2.19. The maximum absolute atomic E-state index is 15.2. The van der Waals surface area contributed by atoms with E-state index < -0.39 is 34.0 Å². The first-order valence-electron chi connectivity index (χ1n) is 12.6. The number of likely N-dealkylation sites (tertiary alicyclic amines) is 1. The van der Waals surface area contributed by atoms with E-state index in [4.69, 9.17) is 21.5 Å². The lowest BCUT2D eigenvalue weighted by molar-refractivity contribution is -0.123. The number of hydrogen-bond acceptors (Lipinski definition) is 7. The second-order valence-electron chi connectivity index (χ2n) is 9.47. The number of allylic oxidation sites excluding steroid dienone is 1. The maximum atomic E-state index is 15.2. The van der Waals surface area contributed by atoms with E-state index in [0.717, 1.165) is 5.41 Å². The Hall–Kier alpha value is -3.17. The van der Waals surface area contributed by atoms with Crippen LogP contribution in [0.25, 0.3) is 11.3 Å². The van der Waals surface area contributed by atoms with E-state index in [9.17, 15) is 17.6 Å². The van der Waals surface area contributed by atoms with Gasteiger partial charge in [0.2, 0.25) is 15.9 Å². The van der Waals surface area contributed by atoms with Gasteiger partial charge in [0.15, 0.2) is 0 Å². The third-order valence-electron chi connectivity index (χ3n) is 6.60. The molecule has 2 atom stereocenters. The number of nitrogens with one attached hydrogen (secondary N) is 1. The number of carbonyl (C=O) groups excluding carboxylic acids is 1. The van der Waals surface area contributed by atoms with Crippen molar-refractivity contribution in [3.63, 3.8) is 0 Å². The minimum absolute atomic E-state index is 0.0712. The molecule has 3 aromatic rings. The van der Waals surface area contributed by atoms with Crippen molar-refractivity contribution in [2.24, 2.45) is 0 Å². The minimum Gasteiger partial charge on any atom is -0.483 e. The molecule has 2 aliphatic rings. The van der Waals surface area contributed by atoms with Gasteiger partial charge in [-0.2, -0.15) is 4.72 Å². The number of benzene rings is 1. The van der Waals surface area contributed by atoms with Crippen molar-refractivity contribution in [2.75, 3.05) is 24.5 Å². The number of halogens is 3. The van der Waals surface area contributed by atoms with Gasteiger partial charge in [0.25, 0.3) is 6.47 Å². The van der Waals surface area contributed by atoms with Crippen molar-refractivity contribution in [1.29, 1.82) is 0 Å². The zero-order valence-corrected chi connectivity index (χ0v) is 24.3. The Morgan fingerprint density at radius 2 is 2.02 bits per heavy atom. The van der Waals surface area contributed by atoms with Gasteiger partial charge in [-0.15, -0.1) is 11.3 Å². The number of imidazole rings is 1. The summed E-state index contributed by atoms with van der Waals surface area (Å²) in [6.45, 7) is 2.99. The van der Waals surface area contributed by atoms with Crippen LogP contribution in [0, 0.1) is 5.82 Å². The molecule has 0 saturated carbocycles. The van der Waals surface area contributed by atoms with Crippen LogP contribution < -0.4 is 9.62 Å². The number of amides is 1. The Balaban J connectivity index is 0.00000124. The topological polar surface area (TPSA) is 125 Å². The average Bonchev–Trinajstić information content (AvgIpc) is 3.70. The van der Waals surface area contributed by atoms with E-state index in [1.54, 1.807) is 42.1 Å². The first-order chi connectivity index (χ1) is 19.5. The van der Waals surface area contributed by atoms with Crippen molar-refractivity contribution in [2.45, 2.75) is 38.5 Å². The molecule has 220 valence electrons. The molecule has 2 saturated heterocycles. The summed E-state index contributed by atoms with van der Waals surface area (Å²) in [4.78, 5) is 29.7. The van der Waals surface area contributed by atoms with E-state index >= 15 is 4.39 Å². The number of aromatic nitrogens is 2. The number of alkyl halides is 1. The van der Waals surface area contributed by atoms with Gasteiger partial charge in [-0.3, -0.25) is 14.5 Å². The first kappa shape index (κ1) is 30.8. The van der Waals surface area contributed by atoms with Crippen LogP contribution in [0.15, 0.2) is 48.1 Å². The van der Waals surface area contributed by atoms with Crippen molar-refractivity contribution >= 4 is 56.6 Å². The van der Waals surface area contributed by atoms with Crippen LogP contribution in [0.5, 0.6) is 0 Å². The van der Waals surface area contributed by atoms with Crippen LogP contribution in [0.4, 0.5) is 14.5 Å². The Morgan fingerprint density at radius 1 is 1.27 bits per heavy atom. The molecule has 2 unspecified atom stereocenters. The molecule has 2 aromatic heterocycles. The number of carbonyl (C=O) groups is 2. The highest BCUT2D eigenvalue weighted by Gasteiger charge is 2.36. The fourth-order valence-corrected chi connectivity index (χ4v) is 7.12. The highest BCUT2D eigenvalue weighted by atomic mass is 35.5. The second-order valence-corrected chi connectivity index (χ2v) is 12.8. The lowest BCUT2D eigenvalue weighted by atomic mass is 10.2. The SMILES string of the molecule is CC(=CS(=O)(=O)NC1CCN(c2ccc(-n3ccnc3CN3CCC(F)C3)cc2F)C1=O)c1ccc(Cl)s1.O=CO. The van der Waals surface area contributed by atoms with Crippen LogP contribution in [-0.4, -0.2) is 72.2 Å². The lowest BCUT2D eigenvalue weighted by Crippen LogP contribution is -2.41. The first-order valence-corrected chi connectivity index (χ1v) is 15.3. The number of carboxylic acid groups (broad SMARTS) is 1. The molecule has 1 amide bonds. The van der Waals surface area contributed by atoms with Crippen LogP contribution in [0.2, 0.25) is 4.34 Å². The van der Waals surface area contributed by atoms with Crippen molar-refractivity contribution < 1.29 is 31.9 Å². The number of anilines is 1. The summed E-state index contributed by atoms with van der Waals surface area (Å²) < 4.78 is 58.9. The molecular weight excluding hydrogens is 600 g/mol. The van der Waals surface area contributed by atoms with Gasteiger partial charge < -0.3 is 14.6 Å². The van der Waals surface area contributed by atoms with Crippen molar-refractivity contribution in [1.82, 2.24) is 19.2 Å². The van der Waals surface area contributed by atoms with E-state index in [1.807, 2.05) is 4.90 Å². The normalized spacial score (nSPS) is 19.9. The van der Waals surface area contributed by atoms with Crippen LogP contribution in [-0.2, 0) is 26.2 Å². The van der Waals surface area contributed by atoms with Crippen LogP contribution in [0.1, 0.15) is 30.5 Å². The van der Waals surface area contributed by atoms with Gasteiger partial charge in [-0.1, -0.05) is 11.6 Å². The fourth-order valence-electron chi connectivity index (χ4n) is 4.76. The number of thiophene rings is 1. The second kappa shape index (κ2) is 13.2. The number of sulfonamides is 1.